The lowest BCUT2D eigenvalue weighted by Gasteiger charge is -2.14. The molecule has 0 aliphatic rings. The first kappa shape index (κ1) is 15.1. The van der Waals surface area contributed by atoms with Gasteiger partial charge in [0.25, 0.3) is 0 Å². The highest BCUT2D eigenvalue weighted by Crippen LogP contribution is 2.20. The van der Waals surface area contributed by atoms with Crippen LogP contribution in [0, 0.1) is 6.92 Å². The highest BCUT2D eigenvalue weighted by Gasteiger charge is 2.12. The first-order valence-corrected chi connectivity index (χ1v) is 6.97. The van der Waals surface area contributed by atoms with E-state index in [1.54, 1.807) is 7.11 Å². The third-order valence-electron chi connectivity index (χ3n) is 3.36. The SMILES string of the molecule is COc1ccc(C(C)OC(=O)Cc2ccc(C)cc2)cc1. The summed E-state index contributed by atoms with van der Waals surface area (Å²) < 4.78 is 10.6. The Morgan fingerprint density at radius 2 is 1.67 bits per heavy atom. The van der Waals surface area contributed by atoms with E-state index in [1.165, 1.54) is 5.56 Å². The van der Waals surface area contributed by atoms with Gasteiger partial charge in [-0.3, -0.25) is 4.79 Å². The minimum Gasteiger partial charge on any atom is -0.497 e. The lowest BCUT2D eigenvalue weighted by molar-refractivity contribution is -0.147. The van der Waals surface area contributed by atoms with E-state index in [-0.39, 0.29) is 12.1 Å². The number of methoxy groups -OCH3 is 1. The molecule has 0 radical (unpaired) electrons. The molecule has 1 atom stereocenters. The molecule has 0 aromatic heterocycles. The molecule has 0 spiro atoms. The first-order chi connectivity index (χ1) is 10.1. The Morgan fingerprint density at radius 3 is 2.24 bits per heavy atom. The molecule has 2 aromatic carbocycles. The normalized spacial score (nSPS) is 11.8. The molecule has 0 fully saturated rings. The summed E-state index contributed by atoms with van der Waals surface area (Å²) in [6.45, 7) is 3.89. The van der Waals surface area contributed by atoms with Crippen LogP contribution >= 0.6 is 0 Å². The van der Waals surface area contributed by atoms with Crippen LogP contribution in [0.15, 0.2) is 48.5 Å². The number of hydrogen-bond donors (Lipinski definition) is 0. The van der Waals surface area contributed by atoms with Crippen molar-refractivity contribution in [2.45, 2.75) is 26.4 Å². The zero-order valence-corrected chi connectivity index (χ0v) is 12.6. The quantitative estimate of drug-likeness (QED) is 0.782. The monoisotopic (exact) mass is 284 g/mol. The Bertz CT molecular complexity index is 585. The summed E-state index contributed by atoms with van der Waals surface area (Å²) in [4.78, 5) is 12.0. The van der Waals surface area contributed by atoms with E-state index in [0.29, 0.717) is 6.42 Å². The highest BCUT2D eigenvalue weighted by molar-refractivity contribution is 5.72. The Kier molecular flexibility index (Phi) is 4.99. The molecule has 2 rings (SSSR count). The molecule has 0 amide bonds. The molecule has 0 bridgehead atoms. The van der Waals surface area contributed by atoms with Gasteiger partial charge in [-0.15, -0.1) is 0 Å². The molecule has 3 nitrogen and oxygen atoms in total. The van der Waals surface area contributed by atoms with E-state index in [1.807, 2.05) is 62.4 Å². The molecular weight excluding hydrogens is 264 g/mol. The average Bonchev–Trinajstić information content (AvgIpc) is 2.49. The predicted molar refractivity (Wildman–Crippen MR) is 82.4 cm³/mol. The van der Waals surface area contributed by atoms with Crippen LogP contribution in [-0.4, -0.2) is 13.1 Å². The number of carbonyl (C=O) groups is 1. The number of carbonyl (C=O) groups excluding carboxylic acids is 1. The van der Waals surface area contributed by atoms with Gasteiger partial charge in [0.2, 0.25) is 0 Å². The summed E-state index contributed by atoms with van der Waals surface area (Å²) in [5.74, 6) is 0.569. The van der Waals surface area contributed by atoms with Crippen LogP contribution in [0.5, 0.6) is 5.75 Å². The number of esters is 1. The van der Waals surface area contributed by atoms with Gasteiger partial charge in [-0.25, -0.2) is 0 Å². The van der Waals surface area contributed by atoms with Crippen molar-refractivity contribution in [2.24, 2.45) is 0 Å². The van der Waals surface area contributed by atoms with Crippen molar-refractivity contribution in [3.63, 3.8) is 0 Å². The lowest BCUT2D eigenvalue weighted by Crippen LogP contribution is -2.11. The second-order valence-electron chi connectivity index (χ2n) is 5.07. The molecule has 0 heterocycles. The smallest absolute Gasteiger partial charge is 0.310 e. The molecule has 110 valence electrons. The Hall–Kier alpha value is -2.29. The maximum absolute atomic E-state index is 12.0. The number of ether oxygens (including phenoxy) is 2. The minimum absolute atomic E-state index is 0.220. The zero-order valence-electron chi connectivity index (χ0n) is 12.6. The van der Waals surface area contributed by atoms with Gasteiger partial charge in [-0.05, 0) is 37.1 Å². The molecule has 2 aromatic rings. The second kappa shape index (κ2) is 6.93. The van der Waals surface area contributed by atoms with Crippen molar-refractivity contribution in [1.82, 2.24) is 0 Å². The highest BCUT2D eigenvalue weighted by atomic mass is 16.5. The van der Waals surface area contributed by atoms with E-state index >= 15 is 0 Å². The van der Waals surface area contributed by atoms with Crippen molar-refractivity contribution in [3.05, 3.63) is 65.2 Å². The van der Waals surface area contributed by atoms with Gasteiger partial charge in [0.15, 0.2) is 0 Å². The van der Waals surface area contributed by atoms with Gasteiger partial charge < -0.3 is 9.47 Å². The van der Waals surface area contributed by atoms with Crippen LogP contribution < -0.4 is 4.74 Å². The van der Waals surface area contributed by atoms with Crippen LogP contribution in [0.3, 0.4) is 0 Å². The van der Waals surface area contributed by atoms with E-state index in [9.17, 15) is 4.79 Å². The van der Waals surface area contributed by atoms with E-state index < -0.39 is 0 Å². The van der Waals surface area contributed by atoms with Crippen molar-refractivity contribution in [3.8, 4) is 5.75 Å². The molecule has 3 heteroatoms. The van der Waals surface area contributed by atoms with Crippen LogP contribution in [0.1, 0.15) is 29.7 Å². The fourth-order valence-corrected chi connectivity index (χ4v) is 2.05. The van der Waals surface area contributed by atoms with Crippen LogP contribution in [-0.2, 0) is 16.0 Å². The van der Waals surface area contributed by atoms with Gasteiger partial charge >= 0.3 is 5.97 Å². The summed E-state index contributed by atoms with van der Waals surface area (Å²) >= 11 is 0. The molecule has 1 unspecified atom stereocenters. The number of rotatable bonds is 5. The third-order valence-corrected chi connectivity index (χ3v) is 3.36. The number of aryl methyl sites for hydroxylation is 1. The fourth-order valence-electron chi connectivity index (χ4n) is 2.05. The third kappa shape index (κ3) is 4.35. The molecule has 0 aliphatic heterocycles. The van der Waals surface area contributed by atoms with Crippen LogP contribution in [0.2, 0.25) is 0 Å². The minimum atomic E-state index is -0.270. The Morgan fingerprint density at radius 1 is 1.05 bits per heavy atom. The van der Waals surface area contributed by atoms with Gasteiger partial charge in [0.05, 0.1) is 13.5 Å². The average molecular weight is 284 g/mol. The van der Waals surface area contributed by atoms with Crippen LogP contribution in [0.4, 0.5) is 0 Å². The molecule has 21 heavy (non-hydrogen) atoms. The molecule has 0 saturated carbocycles. The predicted octanol–water partition coefficient (Wildman–Crippen LogP) is 3.85. The maximum Gasteiger partial charge on any atom is 0.310 e. The molecular formula is C18H20O3. The van der Waals surface area contributed by atoms with Crippen molar-refractivity contribution < 1.29 is 14.3 Å². The number of benzene rings is 2. The summed E-state index contributed by atoms with van der Waals surface area (Å²) in [5, 5.41) is 0. The molecule has 0 saturated heterocycles. The van der Waals surface area contributed by atoms with Gasteiger partial charge in [0, 0.05) is 0 Å². The first-order valence-electron chi connectivity index (χ1n) is 6.97. The zero-order chi connectivity index (χ0) is 15.2. The van der Waals surface area contributed by atoms with Crippen molar-refractivity contribution in [1.29, 1.82) is 0 Å². The lowest BCUT2D eigenvalue weighted by atomic mass is 10.1. The molecule has 0 N–H and O–H groups in total. The summed E-state index contributed by atoms with van der Waals surface area (Å²) in [5.41, 5.74) is 3.10. The van der Waals surface area contributed by atoms with E-state index in [2.05, 4.69) is 0 Å². The topological polar surface area (TPSA) is 35.5 Å². The Balaban J connectivity index is 1.93. The van der Waals surface area contributed by atoms with Gasteiger partial charge in [-0.2, -0.15) is 0 Å². The standard InChI is InChI=1S/C18H20O3/c1-13-4-6-15(7-5-13)12-18(19)21-14(2)16-8-10-17(20-3)11-9-16/h4-11,14H,12H2,1-3H3. The summed E-state index contributed by atoms with van der Waals surface area (Å²) in [6.07, 6.45) is 0.0229. The summed E-state index contributed by atoms with van der Waals surface area (Å²) in [6, 6.07) is 15.4. The van der Waals surface area contributed by atoms with Gasteiger partial charge in [0.1, 0.15) is 11.9 Å². The van der Waals surface area contributed by atoms with Crippen LogP contribution in [0.25, 0.3) is 0 Å². The Labute approximate surface area is 125 Å². The van der Waals surface area contributed by atoms with Crippen molar-refractivity contribution >= 4 is 5.97 Å². The largest absolute Gasteiger partial charge is 0.497 e. The van der Waals surface area contributed by atoms with E-state index in [4.69, 9.17) is 9.47 Å². The fraction of sp³-hybridized carbons (Fsp3) is 0.278. The van der Waals surface area contributed by atoms with Crippen molar-refractivity contribution in [2.75, 3.05) is 7.11 Å². The number of hydrogen-bond acceptors (Lipinski definition) is 3. The maximum atomic E-state index is 12.0. The summed E-state index contributed by atoms with van der Waals surface area (Å²) in [7, 11) is 1.63. The molecule has 0 aliphatic carbocycles. The second-order valence-corrected chi connectivity index (χ2v) is 5.07. The van der Waals surface area contributed by atoms with Gasteiger partial charge in [-0.1, -0.05) is 42.0 Å². The van der Waals surface area contributed by atoms with E-state index in [0.717, 1.165) is 16.9 Å².